The number of carboxylic acids is 1. The maximum Gasteiger partial charge on any atom is 0.373 e. The van der Waals surface area contributed by atoms with Crippen LogP contribution in [0.2, 0.25) is 0 Å². The highest BCUT2D eigenvalue weighted by Gasteiger charge is 2.34. The summed E-state index contributed by atoms with van der Waals surface area (Å²) in [6.45, 7) is -0.765. The van der Waals surface area contributed by atoms with Gasteiger partial charge in [-0.15, -0.1) is 0 Å². The van der Waals surface area contributed by atoms with Crippen molar-refractivity contribution in [1.29, 1.82) is 0 Å². The maximum absolute atomic E-state index is 12.9. The van der Waals surface area contributed by atoms with Gasteiger partial charge in [0.15, 0.2) is 6.61 Å². The summed E-state index contributed by atoms with van der Waals surface area (Å²) in [5.74, 6) is -2.03. The number of amides is 3. The summed E-state index contributed by atoms with van der Waals surface area (Å²) in [6.07, 6.45) is 1.45. The molecule has 1 fully saturated rings. The van der Waals surface area contributed by atoms with Gasteiger partial charge in [-0.3, -0.25) is 9.69 Å². The number of imide groups is 1. The molecule has 1 saturated heterocycles. The number of nitrogens with one attached hydrogen (secondary N) is 1. The summed E-state index contributed by atoms with van der Waals surface area (Å²) in [5, 5.41) is 13.0. The molecule has 3 amide bonds. The predicted molar refractivity (Wildman–Crippen MR) is 114 cm³/mol. The number of urea groups is 1. The summed E-state index contributed by atoms with van der Waals surface area (Å²) < 4.78 is 15.3. The molecule has 1 aliphatic heterocycles. The van der Waals surface area contributed by atoms with Gasteiger partial charge in [-0.2, -0.15) is 0 Å². The van der Waals surface area contributed by atoms with E-state index in [1.807, 2.05) is 12.1 Å². The van der Waals surface area contributed by atoms with E-state index < -0.39 is 30.5 Å². The van der Waals surface area contributed by atoms with Crippen molar-refractivity contribution in [3.8, 4) is 5.75 Å². The van der Waals surface area contributed by atoms with Gasteiger partial charge in [-0.25, -0.2) is 14.4 Å². The Balaban J connectivity index is 1.65. The molecule has 4 rings (SSSR count). The zero-order chi connectivity index (χ0) is 23.5. The molecule has 2 heterocycles. The van der Waals surface area contributed by atoms with E-state index in [-0.39, 0.29) is 29.5 Å². The molecular formula is C23H18N2O8. The number of rotatable bonds is 7. The van der Waals surface area contributed by atoms with Crippen molar-refractivity contribution in [1.82, 2.24) is 10.2 Å². The lowest BCUT2D eigenvalue weighted by Gasteiger charge is -2.11. The molecule has 2 N–H and O–H groups in total. The Morgan fingerprint density at radius 3 is 2.67 bits per heavy atom. The topological polar surface area (TPSA) is 135 Å². The first-order valence-corrected chi connectivity index (χ1v) is 9.75. The number of benzene rings is 2. The molecule has 1 aliphatic rings. The number of ether oxygens (including phenoxy) is 2. The SMILES string of the molecule is COC(=O)c1ccc(CN2C(=O)N/C(=C\c3c(OCC(=O)O)ccc4ccccc34)C2=O)o1. The van der Waals surface area contributed by atoms with Gasteiger partial charge in [-0.1, -0.05) is 30.3 Å². The fraction of sp³-hybridized carbons (Fsp3) is 0.130. The standard InChI is InChI=1S/C23H18N2O8/c1-31-22(29)19-9-7-14(33-19)11-25-21(28)17(24-23(25)30)10-16-15-5-3-2-4-13(15)6-8-18(16)32-12-20(26)27/h2-10H,11-12H2,1H3,(H,24,30)(H,26,27)/b17-10-. The highest BCUT2D eigenvalue weighted by molar-refractivity contribution is 6.14. The van der Waals surface area contributed by atoms with E-state index in [0.717, 1.165) is 10.3 Å². The number of furan rings is 1. The summed E-state index contributed by atoms with van der Waals surface area (Å²) >= 11 is 0. The van der Waals surface area contributed by atoms with Crippen LogP contribution in [0.15, 0.2) is 58.6 Å². The second kappa shape index (κ2) is 8.87. The quantitative estimate of drug-likeness (QED) is 0.319. The van der Waals surface area contributed by atoms with Gasteiger partial charge in [0.25, 0.3) is 5.91 Å². The van der Waals surface area contributed by atoms with Gasteiger partial charge >= 0.3 is 18.0 Å². The van der Waals surface area contributed by atoms with E-state index in [9.17, 15) is 19.2 Å². The van der Waals surface area contributed by atoms with Crippen LogP contribution in [-0.4, -0.2) is 47.6 Å². The Bertz CT molecular complexity index is 1310. The van der Waals surface area contributed by atoms with Crippen molar-refractivity contribution in [2.75, 3.05) is 13.7 Å². The van der Waals surface area contributed by atoms with Gasteiger partial charge in [-0.05, 0) is 35.0 Å². The molecule has 0 spiro atoms. The first kappa shape index (κ1) is 21.6. The molecule has 10 nitrogen and oxygen atoms in total. The van der Waals surface area contributed by atoms with Crippen LogP contribution in [-0.2, 0) is 20.9 Å². The van der Waals surface area contributed by atoms with Crippen molar-refractivity contribution in [2.45, 2.75) is 6.54 Å². The molecule has 10 heteroatoms. The van der Waals surface area contributed by atoms with Gasteiger partial charge in [0.2, 0.25) is 5.76 Å². The van der Waals surface area contributed by atoms with Gasteiger partial charge in [0.1, 0.15) is 17.2 Å². The molecule has 0 aliphatic carbocycles. The Hall–Kier alpha value is -4.60. The molecular weight excluding hydrogens is 432 g/mol. The molecule has 0 radical (unpaired) electrons. The van der Waals surface area contributed by atoms with E-state index >= 15 is 0 Å². The summed E-state index contributed by atoms with van der Waals surface area (Å²) in [7, 11) is 1.21. The van der Waals surface area contributed by atoms with Crippen LogP contribution in [0.25, 0.3) is 16.8 Å². The first-order chi connectivity index (χ1) is 15.9. The van der Waals surface area contributed by atoms with Crippen molar-refractivity contribution in [3.05, 3.63) is 71.3 Å². The number of aliphatic carboxylic acids is 1. The van der Waals surface area contributed by atoms with Gasteiger partial charge in [0.05, 0.1) is 13.7 Å². The lowest BCUT2D eigenvalue weighted by atomic mass is 10.0. The molecule has 3 aromatic rings. The zero-order valence-corrected chi connectivity index (χ0v) is 17.4. The van der Waals surface area contributed by atoms with Crippen molar-refractivity contribution in [2.24, 2.45) is 0 Å². The monoisotopic (exact) mass is 450 g/mol. The van der Waals surface area contributed by atoms with Crippen LogP contribution < -0.4 is 10.1 Å². The number of carbonyl (C=O) groups excluding carboxylic acids is 3. The number of hydrogen-bond acceptors (Lipinski definition) is 7. The number of fused-ring (bicyclic) bond motifs is 1. The van der Waals surface area contributed by atoms with Crippen molar-refractivity contribution in [3.63, 3.8) is 0 Å². The largest absolute Gasteiger partial charge is 0.481 e. The minimum atomic E-state index is -1.15. The number of carboxylic acid groups (broad SMARTS) is 1. The second-order valence-electron chi connectivity index (χ2n) is 7.02. The molecule has 0 unspecified atom stereocenters. The molecule has 2 aromatic carbocycles. The minimum Gasteiger partial charge on any atom is -0.481 e. The smallest absolute Gasteiger partial charge is 0.373 e. The number of carbonyl (C=O) groups is 4. The lowest BCUT2D eigenvalue weighted by Crippen LogP contribution is -2.30. The lowest BCUT2D eigenvalue weighted by molar-refractivity contribution is -0.139. The molecule has 0 bridgehead atoms. The number of nitrogens with zero attached hydrogens (tertiary/aromatic N) is 1. The summed E-state index contributed by atoms with van der Waals surface area (Å²) in [5.41, 5.74) is 0.433. The molecule has 33 heavy (non-hydrogen) atoms. The van der Waals surface area contributed by atoms with Crippen molar-refractivity contribution < 1.29 is 38.2 Å². The summed E-state index contributed by atoms with van der Waals surface area (Å²) in [4.78, 5) is 48.8. The third-order valence-electron chi connectivity index (χ3n) is 4.90. The summed E-state index contributed by atoms with van der Waals surface area (Å²) in [6, 6.07) is 12.8. The first-order valence-electron chi connectivity index (χ1n) is 9.75. The number of esters is 1. The van der Waals surface area contributed by atoms with E-state index in [0.29, 0.717) is 10.9 Å². The highest BCUT2D eigenvalue weighted by atomic mass is 16.5. The predicted octanol–water partition coefficient (Wildman–Crippen LogP) is 2.78. The third kappa shape index (κ3) is 4.40. The third-order valence-corrected chi connectivity index (χ3v) is 4.90. The maximum atomic E-state index is 12.9. The number of hydrogen-bond donors (Lipinski definition) is 2. The fourth-order valence-corrected chi connectivity index (χ4v) is 3.38. The average molecular weight is 450 g/mol. The zero-order valence-electron chi connectivity index (χ0n) is 17.4. The fourth-order valence-electron chi connectivity index (χ4n) is 3.38. The normalized spacial score (nSPS) is 14.6. The highest BCUT2D eigenvalue weighted by Crippen LogP contribution is 2.31. The molecule has 168 valence electrons. The van der Waals surface area contributed by atoms with Crippen molar-refractivity contribution >= 4 is 40.7 Å². The Morgan fingerprint density at radius 2 is 1.91 bits per heavy atom. The van der Waals surface area contributed by atoms with Crippen LogP contribution >= 0.6 is 0 Å². The minimum absolute atomic E-state index is 0.0173. The molecule has 1 aromatic heterocycles. The Morgan fingerprint density at radius 1 is 1.12 bits per heavy atom. The Labute approximate surface area is 187 Å². The average Bonchev–Trinajstić information content (AvgIpc) is 3.38. The molecule has 0 saturated carbocycles. The van der Waals surface area contributed by atoms with E-state index in [4.69, 9.17) is 14.3 Å². The van der Waals surface area contributed by atoms with Crippen LogP contribution in [0.5, 0.6) is 5.75 Å². The van der Waals surface area contributed by atoms with E-state index in [2.05, 4.69) is 10.1 Å². The molecule has 0 atom stereocenters. The number of methoxy groups -OCH3 is 1. The van der Waals surface area contributed by atoms with E-state index in [1.165, 1.54) is 25.3 Å². The van der Waals surface area contributed by atoms with Gasteiger partial charge in [0, 0.05) is 5.56 Å². The van der Waals surface area contributed by atoms with Crippen LogP contribution in [0, 0.1) is 0 Å². The van der Waals surface area contributed by atoms with Crippen LogP contribution in [0.4, 0.5) is 4.79 Å². The second-order valence-corrected chi connectivity index (χ2v) is 7.02. The van der Waals surface area contributed by atoms with Crippen LogP contribution in [0.1, 0.15) is 21.9 Å². The van der Waals surface area contributed by atoms with Crippen LogP contribution in [0.3, 0.4) is 0 Å². The Kier molecular flexibility index (Phi) is 5.81. The van der Waals surface area contributed by atoms with Gasteiger partial charge < -0.3 is 24.3 Å². The van der Waals surface area contributed by atoms with E-state index in [1.54, 1.807) is 24.3 Å².